The summed E-state index contributed by atoms with van der Waals surface area (Å²) in [5.41, 5.74) is 14.8. The quantitative estimate of drug-likeness (QED) is 0.116. The molecule has 0 spiro atoms. The average Bonchev–Trinajstić information content (AvgIpc) is 4.16. The van der Waals surface area contributed by atoms with E-state index in [0.717, 1.165) is 75.2 Å². The Morgan fingerprint density at radius 3 is 1.21 bits per heavy atom. The van der Waals surface area contributed by atoms with Gasteiger partial charge in [0.1, 0.15) is 29.6 Å². The van der Waals surface area contributed by atoms with Crippen molar-refractivity contribution in [3.05, 3.63) is 184 Å². The van der Waals surface area contributed by atoms with E-state index in [1.807, 2.05) is 70.9 Å². The Kier molecular flexibility index (Phi) is 12.6. The average molecular weight is 879 g/mol. The summed E-state index contributed by atoms with van der Waals surface area (Å²) in [4.78, 5) is 21.2. The molecule has 14 heteroatoms. The largest absolute Gasteiger partial charge is 0.488 e. The van der Waals surface area contributed by atoms with Gasteiger partial charge in [0.25, 0.3) is 0 Å². The number of fused-ring (bicyclic) bond motifs is 2. The van der Waals surface area contributed by atoms with Gasteiger partial charge in [-0.15, -0.1) is 0 Å². The molecule has 0 saturated heterocycles. The predicted octanol–water partition coefficient (Wildman–Crippen LogP) is 8.34. The van der Waals surface area contributed by atoms with Gasteiger partial charge in [0.05, 0.1) is 23.4 Å². The molecule has 0 aliphatic carbocycles. The summed E-state index contributed by atoms with van der Waals surface area (Å²) in [6.07, 6.45) is 5.36. The van der Waals surface area contributed by atoms with Crippen molar-refractivity contribution in [3.63, 3.8) is 0 Å². The summed E-state index contributed by atoms with van der Waals surface area (Å²) in [5, 5.41) is 28.5. The van der Waals surface area contributed by atoms with Crippen LogP contribution in [0.1, 0.15) is 67.0 Å². The number of carbonyl (C=O) groups excluding carboxylic acids is 1. The molecule has 13 nitrogen and oxygen atoms in total. The molecular weight excluding hydrogens is 823 g/mol. The molecule has 2 aromatic carbocycles. The number of aldehydes is 1. The van der Waals surface area contributed by atoms with Gasteiger partial charge in [-0.2, -0.15) is 10.2 Å². The number of aromatic nitrogens is 10. The molecule has 8 heterocycles. The molecule has 0 saturated carbocycles. The second-order valence-electron chi connectivity index (χ2n) is 17.0. The predicted molar refractivity (Wildman–Crippen MR) is 263 cm³/mol. The zero-order valence-corrected chi connectivity index (χ0v) is 39.2. The number of carbonyl (C=O) groups is 1. The maximum atomic E-state index is 11.3. The van der Waals surface area contributed by atoms with Crippen LogP contribution < -0.4 is 5.46 Å². The van der Waals surface area contributed by atoms with Crippen LogP contribution in [-0.2, 0) is 20.5 Å². The van der Waals surface area contributed by atoms with Crippen LogP contribution in [0.4, 0.5) is 0 Å². The highest BCUT2D eigenvalue weighted by molar-refractivity contribution is 6.58. The molecule has 0 bridgehead atoms. The summed E-state index contributed by atoms with van der Waals surface area (Å²) < 4.78 is 12.2. The first-order chi connectivity index (χ1) is 31.6. The highest BCUT2D eigenvalue weighted by atomic mass is 16.4. The number of benzene rings is 2. The molecule has 0 amide bonds. The molecule has 2 N–H and O–H groups in total. The Labute approximate surface area is 385 Å². The van der Waals surface area contributed by atoms with Gasteiger partial charge in [-0.25, -0.2) is 9.97 Å². The standard InChI is InChI=1S/C26H27N5.C18H19N3O.C8H9BN2O2/c1-17-6-7-18(2)30(17)25-14-22(15-26(28-25)31-19(3)8-9-20(31)4)12-21-10-11-23-16-27-29(5)24(23)13-21;1-12-5-6-13(2)20(12)17-9-16(11-22)10-18(19-17)21-14(3)7-8-15(21)4;1-11-8-4-7(9(12)13)3-2-6(8)5-10-11/h6-11,13-16H,12H2,1-5H3;5-11H,1-4H3;2-5,12-13H,1H3. The fourth-order valence-corrected chi connectivity index (χ4v) is 8.68. The zero-order valence-electron chi connectivity index (χ0n) is 39.2. The van der Waals surface area contributed by atoms with Gasteiger partial charge in [-0.05, 0) is 163 Å². The van der Waals surface area contributed by atoms with Crippen LogP contribution in [0.25, 0.3) is 45.1 Å². The Bertz CT molecular complexity index is 3170. The number of aryl methyl sites for hydroxylation is 10. The first-order valence-electron chi connectivity index (χ1n) is 21.9. The molecule has 0 fully saturated rings. The lowest BCUT2D eigenvalue weighted by molar-refractivity contribution is 0.112. The van der Waals surface area contributed by atoms with Crippen molar-refractivity contribution in [1.29, 1.82) is 0 Å². The number of hydrogen-bond acceptors (Lipinski definition) is 7. The molecule has 66 heavy (non-hydrogen) atoms. The molecule has 10 rings (SSSR count). The van der Waals surface area contributed by atoms with Crippen molar-refractivity contribution in [1.82, 2.24) is 47.8 Å². The molecular formula is C52H55BN10O3. The molecule has 0 aliphatic heterocycles. The maximum Gasteiger partial charge on any atom is 0.488 e. The SMILES string of the molecule is Cc1ccc(C)n1-c1cc(C=O)cc(-n2c(C)ccc2C)n1.Cc1ccc(C)n1-c1cc(Cc2ccc3cnn(C)c3c2)cc(-n2c(C)ccc2C)n1.Cn1ncc2ccc(B(O)O)cc21. The van der Waals surface area contributed by atoms with Crippen molar-refractivity contribution in [2.24, 2.45) is 14.1 Å². The topological polar surface area (TPSA) is 139 Å². The van der Waals surface area contributed by atoms with E-state index in [2.05, 4.69) is 135 Å². The van der Waals surface area contributed by atoms with E-state index in [1.165, 1.54) is 39.3 Å². The second-order valence-corrected chi connectivity index (χ2v) is 17.0. The van der Waals surface area contributed by atoms with Gasteiger partial charge >= 0.3 is 7.12 Å². The van der Waals surface area contributed by atoms with Gasteiger partial charge in [0, 0.05) is 76.0 Å². The molecule has 334 valence electrons. The number of pyridine rings is 2. The second kappa shape index (κ2) is 18.5. The van der Waals surface area contributed by atoms with E-state index in [9.17, 15) is 4.79 Å². The summed E-state index contributed by atoms with van der Waals surface area (Å²) in [7, 11) is 2.39. The van der Waals surface area contributed by atoms with Crippen molar-refractivity contribution in [2.45, 2.75) is 61.8 Å². The van der Waals surface area contributed by atoms with E-state index in [4.69, 9.17) is 20.0 Å². The van der Waals surface area contributed by atoms with E-state index in [1.54, 1.807) is 23.0 Å². The van der Waals surface area contributed by atoms with Gasteiger partial charge < -0.3 is 28.3 Å². The maximum absolute atomic E-state index is 11.3. The summed E-state index contributed by atoms with van der Waals surface area (Å²) in [6, 6.07) is 36.7. The fourth-order valence-electron chi connectivity index (χ4n) is 8.68. The lowest BCUT2D eigenvalue weighted by Crippen LogP contribution is -2.29. The van der Waals surface area contributed by atoms with Gasteiger partial charge in [0.2, 0.25) is 0 Å². The Balaban J connectivity index is 0.000000147. The Morgan fingerprint density at radius 2 is 0.833 bits per heavy atom. The first-order valence-corrected chi connectivity index (χ1v) is 21.9. The van der Waals surface area contributed by atoms with Crippen LogP contribution in [0.15, 0.2) is 122 Å². The van der Waals surface area contributed by atoms with E-state index in [-0.39, 0.29) is 0 Å². The minimum Gasteiger partial charge on any atom is -0.423 e. The third-order valence-electron chi connectivity index (χ3n) is 12.1. The van der Waals surface area contributed by atoms with Crippen LogP contribution in [0.5, 0.6) is 0 Å². The molecule has 10 aromatic rings. The number of hydrogen-bond donors (Lipinski definition) is 2. The van der Waals surface area contributed by atoms with Crippen LogP contribution in [0, 0.1) is 55.4 Å². The molecule has 0 radical (unpaired) electrons. The van der Waals surface area contributed by atoms with E-state index < -0.39 is 7.12 Å². The highest BCUT2D eigenvalue weighted by Crippen LogP contribution is 2.25. The van der Waals surface area contributed by atoms with Crippen molar-refractivity contribution in [3.8, 4) is 23.3 Å². The van der Waals surface area contributed by atoms with E-state index in [0.29, 0.717) is 11.0 Å². The first kappa shape index (κ1) is 45.0. The summed E-state index contributed by atoms with van der Waals surface area (Å²) in [6.45, 7) is 16.7. The van der Waals surface area contributed by atoms with Crippen LogP contribution in [0.3, 0.4) is 0 Å². The van der Waals surface area contributed by atoms with Gasteiger partial charge in [-0.1, -0.05) is 24.3 Å². The summed E-state index contributed by atoms with van der Waals surface area (Å²) >= 11 is 0. The van der Waals surface area contributed by atoms with Crippen molar-refractivity contribution in [2.75, 3.05) is 0 Å². The van der Waals surface area contributed by atoms with Gasteiger partial charge in [0.15, 0.2) is 0 Å². The normalized spacial score (nSPS) is 11.2. The van der Waals surface area contributed by atoms with Crippen LogP contribution >= 0.6 is 0 Å². The minimum atomic E-state index is -1.42. The minimum absolute atomic E-state index is 0.483. The number of nitrogens with zero attached hydrogens (tertiary/aromatic N) is 10. The van der Waals surface area contributed by atoms with Crippen molar-refractivity contribution >= 4 is 40.7 Å². The molecule has 8 aromatic heterocycles. The third kappa shape index (κ3) is 9.06. The smallest absolute Gasteiger partial charge is 0.423 e. The third-order valence-corrected chi connectivity index (χ3v) is 12.1. The van der Waals surface area contributed by atoms with Gasteiger partial charge in [-0.3, -0.25) is 14.2 Å². The monoisotopic (exact) mass is 878 g/mol. The Hall–Kier alpha value is -7.55. The van der Waals surface area contributed by atoms with Crippen LogP contribution in [-0.4, -0.2) is 71.2 Å². The molecule has 0 atom stereocenters. The highest BCUT2D eigenvalue weighted by Gasteiger charge is 2.16. The van der Waals surface area contributed by atoms with Crippen molar-refractivity contribution < 1.29 is 14.8 Å². The van der Waals surface area contributed by atoms with E-state index >= 15 is 0 Å². The molecule has 0 aliphatic rings. The zero-order chi connectivity index (χ0) is 47.0. The fraction of sp³-hybridized carbons (Fsp3) is 0.212. The summed E-state index contributed by atoms with van der Waals surface area (Å²) in [5.74, 6) is 3.46. The molecule has 0 unspecified atom stereocenters. The Morgan fingerprint density at radius 1 is 0.470 bits per heavy atom. The van der Waals surface area contributed by atoms with Crippen LogP contribution in [0.2, 0.25) is 0 Å². The lowest BCUT2D eigenvalue weighted by atomic mass is 9.80. The number of rotatable bonds is 8. The lowest BCUT2D eigenvalue weighted by Gasteiger charge is -2.16.